The molecule has 0 N–H and O–H groups in total. The first-order valence-electron chi connectivity index (χ1n) is 20.7. The van der Waals surface area contributed by atoms with Crippen molar-refractivity contribution >= 4 is 61.3 Å². The number of allylic oxidation sites excluding steroid dienone is 9. The van der Waals surface area contributed by atoms with Gasteiger partial charge in [-0.15, -0.1) is 0 Å². The van der Waals surface area contributed by atoms with Crippen molar-refractivity contribution in [1.29, 1.82) is 0 Å². The van der Waals surface area contributed by atoms with Crippen LogP contribution in [0.25, 0.3) is 49.9 Å². The zero-order valence-electron chi connectivity index (χ0n) is 32.4. The van der Waals surface area contributed by atoms with E-state index in [1.165, 1.54) is 71.8 Å². The number of para-hydroxylation sites is 1. The molecule has 278 valence electrons. The van der Waals surface area contributed by atoms with Gasteiger partial charge in [-0.2, -0.15) is 0 Å². The van der Waals surface area contributed by atoms with E-state index in [9.17, 15) is 0 Å². The summed E-state index contributed by atoms with van der Waals surface area (Å²) in [5, 5.41) is 4.89. The van der Waals surface area contributed by atoms with E-state index in [-0.39, 0.29) is 5.92 Å². The Balaban J connectivity index is 0.975. The third-order valence-corrected chi connectivity index (χ3v) is 12.5. The molecule has 0 radical (unpaired) electrons. The predicted octanol–water partition coefficient (Wildman–Crippen LogP) is 15.1. The van der Waals surface area contributed by atoms with Gasteiger partial charge in [0, 0.05) is 39.7 Å². The van der Waals surface area contributed by atoms with Gasteiger partial charge in [0.25, 0.3) is 0 Å². The first-order chi connectivity index (χ1) is 28.7. The normalized spacial score (nSPS) is 17.6. The molecule has 2 atom stereocenters. The Kier molecular flexibility index (Phi) is 8.62. The van der Waals surface area contributed by atoms with Crippen molar-refractivity contribution in [2.45, 2.75) is 37.5 Å². The van der Waals surface area contributed by atoms with Crippen molar-refractivity contribution in [3.8, 4) is 0 Å². The lowest BCUT2D eigenvalue weighted by molar-refractivity contribution is 0.668. The van der Waals surface area contributed by atoms with Gasteiger partial charge < -0.3 is 9.32 Å². The minimum atomic E-state index is 0.232. The van der Waals surface area contributed by atoms with Gasteiger partial charge in [-0.3, -0.25) is 0 Å². The van der Waals surface area contributed by atoms with Gasteiger partial charge in [-0.25, -0.2) is 0 Å². The smallest absolute Gasteiger partial charge is 0.136 e. The van der Waals surface area contributed by atoms with Crippen LogP contribution in [0.3, 0.4) is 0 Å². The Bertz CT molecular complexity index is 2990. The molecule has 0 saturated heterocycles. The molecule has 7 aromatic carbocycles. The standard InChI is InChI=1S/C56H43NO/c1-3-11-38(12-4-1)39-19-21-40(22-20-39)41-27-31-48(32-28-41)57(53-17-9-7-15-50(53)43-13-5-2-6-14-43)49-33-29-42-23-25-45(35-47(42)36-49)46-26-24-44-30-34-55-56(52(44)37-46)51-16-8-10-18-54(51)58-55/h1-14,16-19,21-23,25,27-37,39,50H,15,20,24,26H2. The van der Waals surface area contributed by atoms with E-state index in [1.54, 1.807) is 0 Å². The highest BCUT2D eigenvalue weighted by Crippen LogP contribution is 2.43. The first kappa shape index (κ1) is 34.4. The molecule has 0 aliphatic heterocycles. The molecule has 0 saturated carbocycles. The zero-order chi connectivity index (χ0) is 38.4. The largest absolute Gasteiger partial charge is 0.456 e. The van der Waals surface area contributed by atoms with Gasteiger partial charge in [-0.05, 0) is 130 Å². The molecule has 2 nitrogen and oxygen atoms in total. The van der Waals surface area contributed by atoms with E-state index >= 15 is 0 Å². The van der Waals surface area contributed by atoms with E-state index in [4.69, 9.17) is 4.42 Å². The summed E-state index contributed by atoms with van der Waals surface area (Å²) in [6.07, 6.45) is 20.3. The van der Waals surface area contributed by atoms with Crippen LogP contribution >= 0.6 is 0 Å². The molecule has 2 unspecified atom stereocenters. The Labute approximate surface area is 340 Å². The van der Waals surface area contributed by atoms with Gasteiger partial charge in [0.05, 0.1) is 0 Å². The third kappa shape index (κ3) is 6.22. The average molecular weight is 746 g/mol. The fraction of sp³-hybridized carbons (Fsp3) is 0.107. The van der Waals surface area contributed by atoms with Crippen LogP contribution in [0.4, 0.5) is 11.4 Å². The maximum atomic E-state index is 6.28. The lowest BCUT2D eigenvalue weighted by atomic mass is 9.86. The van der Waals surface area contributed by atoms with Crippen LogP contribution in [0.1, 0.15) is 64.5 Å². The monoisotopic (exact) mass is 745 g/mol. The molecule has 0 fully saturated rings. The second kappa shape index (κ2) is 14.6. The van der Waals surface area contributed by atoms with Crippen LogP contribution in [-0.2, 0) is 6.42 Å². The molecular formula is C56H43NO. The molecule has 0 amide bonds. The molecule has 8 aromatic rings. The topological polar surface area (TPSA) is 16.4 Å². The summed E-state index contributed by atoms with van der Waals surface area (Å²) < 4.78 is 6.28. The number of fused-ring (bicyclic) bond motifs is 6. The lowest BCUT2D eigenvalue weighted by Crippen LogP contribution is -2.23. The summed E-state index contributed by atoms with van der Waals surface area (Å²) in [6, 6.07) is 57.8. The molecule has 2 heteroatoms. The SMILES string of the molecule is C1=CCC(c2ccccc2)C(N(c2ccc(C3=CCC(c4ccccc4)C=C3)cc2)c2ccc3ccc(C4=Cc5c(ccc6oc7ccccc7c56)CC4)cc3c2)=C1. The van der Waals surface area contributed by atoms with Crippen molar-refractivity contribution in [3.05, 3.63) is 233 Å². The van der Waals surface area contributed by atoms with Gasteiger partial charge in [0.1, 0.15) is 11.2 Å². The van der Waals surface area contributed by atoms with Crippen LogP contribution < -0.4 is 4.90 Å². The van der Waals surface area contributed by atoms with Crippen molar-refractivity contribution in [2.24, 2.45) is 0 Å². The number of hydrogen-bond donors (Lipinski definition) is 0. The minimum absolute atomic E-state index is 0.232. The number of anilines is 2. The van der Waals surface area contributed by atoms with Crippen LogP contribution in [0.2, 0.25) is 0 Å². The molecule has 3 aliphatic rings. The second-order valence-corrected chi connectivity index (χ2v) is 15.9. The Morgan fingerprint density at radius 2 is 1.34 bits per heavy atom. The highest BCUT2D eigenvalue weighted by Gasteiger charge is 2.26. The maximum absolute atomic E-state index is 6.28. The maximum Gasteiger partial charge on any atom is 0.136 e. The summed E-state index contributed by atoms with van der Waals surface area (Å²) in [4.78, 5) is 2.49. The summed E-state index contributed by atoms with van der Waals surface area (Å²) in [6.45, 7) is 0. The lowest BCUT2D eigenvalue weighted by Gasteiger charge is -2.34. The number of rotatable bonds is 7. The molecule has 0 bridgehead atoms. The summed E-state index contributed by atoms with van der Waals surface area (Å²) in [5.41, 5.74) is 16.1. The van der Waals surface area contributed by atoms with Crippen LogP contribution in [0.15, 0.2) is 204 Å². The number of aryl methyl sites for hydroxylation is 1. The molecule has 0 spiro atoms. The average Bonchev–Trinajstić information content (AvgIpc) is 3.69. The Morgan fingerprint density at radius 1 is 0.586 bits per heavy atom. The van der Waals surface area contributed by atoms with Crippen LogP contribution in [-0.4, -0.2) is 0 Å². The predicted molar refractivity (Wildman–Crippen MR) is 244 cm³/mol. The van der Waals surface area contributed by atoms with Crippen molar-refractivity contribution in [2.75, 3.05) is 4.90 Å². The van der Waals surface area contributed by atoms with E-state index < -0.39 is 0 Å². The molecule has 1 heterocycles. The molecule has 1 aromatic heterocycles. The summed E-state index contributed by atoms with van der Waals surface area (Å²) in [5.74, 6) is 0.655. The molecule has 11 rings (SSSR count). The first-order valence-corrected chi connectivity index (χ1v) is 20.7. The second-order valence-electron chi connectivity index (χ2n) is 15.9. The van der Waals surface area contributed by atoms with E-state index in [2.05, 4.69) is 205 Å². The fourth-order valence-corrected chi connectivity index (χ4v) is 9.46. The van der Waals surface area contributed by atoms with E-state index in [1.807, 2.05) is 0 Å². The molecule has 58 heavy (non-hydrogen) atoms. The van der Waals surface area contributed by atoms with Crippen molar-refractivity contribution in [1.82, 2.24) is 0 Å². The number of nitrogens with zero attached hydrogens (tertiary/aromatic N) is 1. The van der Waals surface area contributed by atoms with Crippen molar-refractivity contribution < 1.29 is 4.42 Å². The number of hydrogen-bond acceptors (Lipinski definition) is 2. The van der Waals surface area contributed by atoms with E-state index in [0.717, 1.165) is 48.2 Å². The number of furan rings is 1. The van der Waals surface area contributed by atoms with Gasteiger partial charge in [0.2, 0.25) is 0 Å². The highest BCUT2D eigenvalue weighted by molar-refractivity contribution is 6.11. The fourth-order valence-electron chi connectivity index (χ4n) is 9.46. The molecular weight excluding hydrogens is 703 g/mol. The third-order valence-electron chi connectivity index (χ3n) is 12.5. The quantitative estimate of drug-likeness (QED) is 0.162. The number of benzene rings is 7. The Hall–Kier alpha value is -6.90. The van der Waals surface area contributed by atoms with Gasteiger partial charge in [0.15, 0.2) is 0 Å². The zero-order valence-corrected chi connectivity index (χ0v) is 32.4. The summed E-state index contributed by atoms with van der Waals surface area (Å²) >= 11 is 0. The van der Waals surface area contributed by atoms with Crippen LogP contribution in [0, 0.1) is 0 Å². The molecule has 3 aliphatic carbocycles. The van der Waals surface area contributed by atoms with Gasteiger partial charge >= 0.3 is 0 Å². The van der Waals surface area contributed by atoms with Crippen molar-refractivity contribution in [3.63, 3.8) is 0 Å². The minimum Gasteiger partial charge on any atom is -0.456 e. The van der Waals surface area contributed by atoms with Crippen LogP contribution in [0.5, 0.6) is 0 Å². The summed E-state index contributed by atoms with van der Waals surface area (Å²) in [7, 11) is 0. The Morgan fingerprint density at radius 3 is 2.17 bits per heavy atom. The van der Waals surface area contributed by atoms with E-state index in [0.29, 0.717) is 5.92 Å². The van der Waals surface area contributed by atoms with Gasteiger partial charge in [-0.1, -0.05) is 152 Å². The highest BCUT2D eigenvalue weighted by atomic mass is 16.3.